The van der Waals surface area contributed by atoms with Crippen LogP contribution < -0.4 is 22.1 Å². The number of nitrogens with one attached hydrogen (secondary N) is 2. The number of alkyl halides is 3. The summed E-state index contributed by atoms with van der Waals surface area (Å²) in [6.07, 6.45) is -3.14. The van der Waals surface area contributed by atoms with Crippen molar-refractivity contribution in [3.63, 3.8) is 0 Å². The molecule has 8 nitrogen and oxygen atoms in total. The van der Waals surface area contributed by atoms with Gasteiger partial charge >= 0.3 is 6.18 Å². The van der Waals surface area contributed by atoms with Crippen molar-refractivity contribution in [2.45, 2.75) is 12.2 Å². The molecule has 1 aromatic heterocycles. The maximum Gasteiger partial charge on any atom is 0.416 e. The Bertz CT molecular complexity index is 1080. The number of halogens is 4. The minimum absolute atomic E-state index is 0.0348. The van der Waals surface area contributed by atoms with Gasteiger partial charge in [-0.25, -0.2) is 14.4 Å². The van der Waals surface area contributed by atoms with E-state index in [4.69, 9.17) is 16.7 Å². The van der Waals surface area contributed by atoms with Gasteiger partial charge in [0.05, 0.1) is 11.3 Å². The number of aliphatic imine (C=N–C) groups is 1. The van der Waals surface area contributed by atoms with E-state index in [1.807, 2.05) is 0 Å². The summed E-state index contributed by atoms with van der Waals surface area (Å²) in [6.45, 7) is 0. The number of guanidine groups is 1. The van der Waals surface area contributed by atoms with E-state index >= 15 is 0 Å². The zero-order chi connectivity index (χ0) is 20.6. The van der Waals surface area contributed by atoms with Gasteiger partial charge in [0.15, 0.2) is 6.19 Å². The Morgan fingerprint density at radius 3 is 2.54 bits per heavy atom. The number of anilines is 3. The maximum absolute atomic E-state index is 14.4. The molecule has 28 heavy (non-hydrogen) atoms. The van der Waals surface area contributed by atoms with Gasteiger partial charge in [0.2, 0.25) is 5.96 Å². The lowest BCUT2D eigenvalue weighted by Gasteiger charge is -2.26. The highest BCUT2D eigenvalue weighted by molar-refractivity contribution is 5.98. The van der Waals surface area contributed by atoms with Crippen molar-refractivity contribution in [1.29, 1.82) is 10.5 Å². The summed E-state index contributed by atoms with van der Waals surface area (Å²) in [5, 5.41) is 22.8. The number of hydrogen-bond acceptors (Lipinski definition) is 8. The fourth-order valence-electron chi connectivity index (χ4n) is 2.74. The Kier molecular flexibility index (Phi) is 4.41. The quantitative estimate of drug-likeness (QED) is 0.331. The highest BCUT2D eigenvalue weighted by Gasteiger charge is 2.35. The largest absolute Gasteiger partial charge is 0.416 e. The first-order valence-electron chi connectivity index (χ1n) is 7.52. The Balaban J connectivity index is 2.30. The first-order valence-corrected chi connectivity index (χ1v) is 7.52. The zero-order valence-electron chi connectivity index (χ0n) is 13.8. The van der Waals surface area contributed by atoms with Crippen molar-refractivity contribution in [3.05, 3.63) is 46.3 Å². The van der Waals surface area contributed by atoms with Crippen molar-refractivity contribution in [1.82, 2.24) is 10.3 Å². The van der Waals surface area contributed by atoms with E-state index < -0.39 is 29.2 Å². The molecule has 0 bridgehead atoms. The van der Waals surface area contributed by atoms with Gasteiger partial charge in [-0.15, -0.1) is 0 Å². The van der Waals surface area contributed by atoms with Crippen LogP contribution in [0.4, 0.5) is 34.9 Å². The molecular weight excluding hydrogens is 380 g/mol. The van der Waals surface area contributed by atoms with Gasteiger partial charge in [0.1, 0.15) is 35.1 Å². The van der Waals surface area contributed by atoms with Gasteiger partial charge in [-0.2, -0.15) is 23.7 Å². The van der Waals surface area contributed by atoms with Crippen LogP contribution in [-0.2, 0) is 6.18 Å². The van der Waals surface area contributed by atoms with Gasteiger partial charge in [0.25, 0.3) is 0 Å². The Morgan fingerprint density at radius 1 is 1.21 bits per heavy atom. The van der Waals surface area contributed by atoms with Crippen LogP contribution >= 0.6 is 0 Å². The molecule has 1 unspecified atom stereocenters. The molecule has 1 aliphatic heterocycles. The number of benzene rings is 1. The number of nitrogens with two attached hydrogens (primary N) is 2. The number of nitrogens with zero attached hydrogens (tertiary/aromatic N) is 4. The normalized spacial score (nSPS) is 15.5. The molecule has 2 heterocycles. The minimum atomic E-state index is -4.72. The lowest BCUT2D eigenvalue weighted by molar-refractivity contribution is -0.137. The number of fused-ring (bicyclic) bond motifs is 1. The van der Waals surface area contributed by atoms with Crippen LogP contribution in [0.15, 0.2) is 23.2 Å². The summed E-state index contributed by atoms with van der Waals surface area (Å²) in [5.41, 5.74) is 9.60. The van der Waals surface area contributed by atoms with Gasteiger partial charge in [-0.1, -0.05) is 0 Å². The van der Waals surface area contributed by atoms with Crippen LogP contribution in [0.3, 0.4) is 0 Å². The van der Waals surface area contributed by atoms with Crippen LogP contribution in [-0.4, -0.2) is 10.9 Å². The summed E-state index contributed by atoms with van der Waals surface area (Å²) >= 11 is 0. The fraction of sp³-hybridized carbons (Fsp3) is 0.125. The van der Waals surface area contributed by atoms with Gasteiger partial charge in [-0.05, 0) is 18.2 Å². The number of rotatable bonds is 1. The van der Waals surface area contributed by atoms with Crippen LogP contribution in [0.25, 0.3) is 0 Å². The van der Waals surface area contributed by atoms with Gasteiger partial charge in [-0.3, -0.25) is 5.32 Å². The molecule has 0 saturated heterocycles. The zero-order valence-corrected chi connectivity index (χ0v) is 13.8. The summed E-state index contributed by atoms with van der Waals surface area (Å²) in [6, 6.07) is 2.16. The van der Waals surface area contributed by atoms with Crippen LogP contribution in [0, 0.1) is 28.6 Å². The third-order valence-electron chi connectivity index (χ3n) is 3.98. The van der Waals surface area contributed by atoms with Crippen molar-refractivity contribution >= 4 is 23.3 Å². The molecular formula is C16H10F4N8. The molecule has 0 fully saturated rings. The van der Waals surface area contributed by atoms with E-state index in [1.54, 1.807) is 12.3 Å². The van der Waals surface area contributed by atoms with Gasteiger partial charge in [0, 0.05) is 11.1 Å². The van der Waals surface area contributed by atoms with E-state index in [1.165, 1.54) is 0 Å². The predicted octanol–water partition coefficient (Wildman–Crippen LogP) is 2.22. The maximum atomic E-state index is 14.4. The third-order valence-corrected chi connectivity index (χ3v) is 3.98. The standard InChI is InChI=1S/C16H10F4N8/c17-9-2-1-6(16(18,19)20)3-7(9)12-10-11(23)8(4-21)13(24)27-14(10)28-15(26-12)25-5-22/h1-3,12H,(H6,23,24,25,26,27,28). The SMILES string of the molecule is N#CNC1=NC(c2cc(C(F)(F)F)ccc2F)c2c(nc(N)c(C#N)c2N)N1. The van der Waals surface area contributed by atoms with E-state index in [9.17, 15) is 22.8 Å². The minimum Gasteiger partial charge on any atom is -0.397 e. The monoisotopic (exact) mass is 390 g/mol. The summed E-state index contributed by atoms with van der Waals surface area (Å²) in [5.74, 6) is -1.50. The molecule has 3 rings (SSSR count). The van der Waals surface area contributed by atoms with Gasteiger partial charge < -0.3 is 16.8 Å². The number of hydrogen-bond donors (Lipinski definition) is 4. The fourth-order valence-corrected chi connectivity index (χ4v) is 2.74. The smallest absolute Gasteiger partial charge is 0.397 e. The van der Waals surface area contributed by atoms with Crippen molar-refractivity contribution in [3.8, 4) is 12.3 Å². The Hall–Kier alpha value is -4.06. The molecule has 1 aliphatic rings. The second kappa shape index (κ2) is 6.59. The Morgan fingerprint density at radius 2 is 1.93 bits per heavy atom. The lowest BCUT2D eigenvalue weighted by atomic mass is 9.93. The van der Waals surface area contributed by atoms with Crippen molar-refractivity contribution < 1.29 is 17.6 Å². The van der Waals surface area contributed by atoms with Crippen LogP contribution in [0.1, 0.15) is 28.3 Å². The second-order valence-electron chi connectivity index (χ2n) is 5.64. The highest BCUT2D eigenvalue weighted by atomic mass is 19.4. The number of nitrogen functional groups attached to an aromatic ring is 2. The third kappa shape index (κ3) is 3.07. The summed E-state index contributed by atoms with van der Waals surface area (Å²) in [7, 11) is 0. The summed E-state index contributed by atoms with van der Waals surface area (Å²) < 4.78 is 53.7. The molecule has 1 aromatic carbocycles. The number of pyridine rings is 1. The molecule has 0 radical (unpaired) electrons. The topological polar surface area (TPSA) is 149 Å². The second-order valence-corrected chi connectivity index (χ2v) is 5.64. The van der Waals surface area contributed by atoms with Crippen molar-refractivity contribution in [2.24, 2.45) is 4.99 Å². The average Bonchev–Trinajstić information content (AvgIpc) is 2.61. The average molecular weight is 390 g/mol. The number of aromatic nitrogens is 1. The Labute approximate surface area is 155 Å². The molecule has 1 atom stereocenters. The molecule has 0 spiro atoms. The van der Waals surface area contributed by atoms with Crippen LogP contribution in [0.5, 0.6) is 0 Å². The van der Waals surface area contributed by atoms with E-state index in [2.05, 4.69) is 20.6 Å². The first-order chi connectivity index (χ1) is 13.2. The molecule has 0 saturated carbocycles. The highest BCUT2D eigenvalue weighted by Crippen LogP contribution is 2.42. The van der Waals surface area contributed by atoms with Crippen molar-refractivity contribution in [2.75, 3.05) is 16.8 Å². The lowest BCUT2D eigenvalue weighted by Crippen LogP contribution is -2.33. The molecule has 12 heteroatoms. The molecule has 6 N–H and O–H groups in total. The molecule has 142 valence electrons. The van der Waals surface area contributed by atoms with E-state index in [0.717, 1.165) is 0 Å². The van der Waals surface area contributed by atoms with E-state index in [0.29, 0.717) is 18.2 Å². The molecule has 0 aliphatic carbocycles. The molecule has 0 amide bonds. The number of nitriles is 2. The predicted molar refractivity (Wildman–Crippen MR) is 90.8 cm³/mol. The molecule has 2 aromatic rings. The first kappa shape index (κ1) is 18.7. The van der Waals surface area contributed by atoms with Crippen LogP contribution in [0.2, 0.25) is 0 Å². The summed E-state index contributed by atoms with van der Waals surface area (Å²) in [4.78, 5) is 7.97. The van der Waals surface area contributed by atoms with E-state index in [-0.39, 0.29) is 34.4 Å².